The van der Waals surface area contributed by atoms with E-state index in [1.165, 1.54) is 57.8 Å². The third-order valence-corrected chi connectivity index (χ3v) is 10.4. The number of primary amides is 1. The number of carbonyl (C=O) groups is 4. The quantitative estimate of drug-likeness (QED) is 0.0611. The average molecular weight is 750 g/mol. The molecule has 52 heavy (non-hydrogen) atoms. The van der Waals surface area contributed by atoms with Gasteiger partial charge in [0.05, 0.1) is 36.9 Å². The number of aromatic nitrogens is 2. The zero-order valence-corrected chi connectivity index (χ0v) is 31.9. The monoisotopic (exact) mass is 749 g/mol. The number of nitrogens with zero attached hydrogens (tertiary/aromatic N) is 4. The van der Waals surface area contributed by atoms with Crippen LogP contribution in [0.3, 0.4) is 0 Å². The molecular weight excluding hydrogens is 687 g/mol. The summed E-state index contributed by atoms with van der Waals surface area (Å²) in [7, 11) is -3.77. The Morgan fingerprint density at radius 2 is 1.42 bits per heavy atom. The Kier molecular flexibility index (Phi) is 24.3. The molecule has 0 aromatic carbocycles. The van der Waals surface area contributed by atoms with Crippen molar-refractivity contribution in [3.63, 3.8) is 0 Å². The van der Waals surface area contributed by atoms with Crippen molar-refractivity contribution in [1.82, 2.24) is 25.3 Å². The second kappa shape index (κ2) is 28.2. The van der Waals surface area contributed by atoms with Crippen LogP contribution >= 0.6 is 0 Å². The molecule has 0 bridgehead atoms. The van der Waals surface area contributed by atoms with Gasteiger partial charge >= 0.3 is 0 Å². The van der Waals surface area contributed by atoms with E-state index >= 15 is 0 Å². The first-order chi connectivity index (χ1) is 25.1. The van der Waals surface area contributed by atoms with E-state index in [2.05, 4.69) is 40.8 Å². The highest BCUT2D eigenvalue weighted by Gasteiger charge is 2.17. The van der Waals surface area contributed by atoms with Gasteiger partial charge in [-0.1, -0.05) is 77.0 Å². The second-order valence-corrected chi connectivity index (χ2v) is 15.6. The first-order valence-corrected chi connectivity index (χ1v) is 21.0. The number of ketones is 2. The van der Waals surface area contributed by atoms with Crippen LogP contribution in [0.15, 0.2) is 28.0 Å². The molecular formula is C36H63N9O6S. The van der Waals surface area contributed by atoms with Crippen LogP contribution < -0.4 is 21.1 Å². The Labute approximate surface area is 310 Å². The minimum atomic E-state index is -3.77. The van der Waals surface area contributed by atoms with Crippen molar-refractivity contribution in [3.05, 3.63) is 18.2 Å². The number of nitrogens with one attached hydrogen (secondary N) is 4. The molecule has 15 nitrogen and oxygen atoms in total. The summed E-state index contributed by atoms with van der Waals surface area (Å²) in [6.45, 7) is 1.40. The van der Waals surface area contributed by atoms with Gasteiger partial charge in [0.25, 0.3) is 0 Å². The number of Topliss-reactive ketones (excluding diaryl/α,β-unsaturated/α-hetero) is 2. The van der Waals surface area contributed by atoms with Gasteiger partial charge in [-0.05, 0) is 56.7 Å². The van der Waals surface area contributed by atoms with E-state index in [9.17, 15) is 27.6 Å². The van der Waals surface area contributed by atoms with E-state index in [1.807, 2.05) is 0 Å². The summed E-state index contributed by atoms with van der Waals surface area (Å²) in [5, 5.41) is 17.5. The summed E-state index contributed by atoms with van der Waals surface area (Å²) in [4.78, 5) is 55.1. The highest BCUT2D eigenvalue weighted by molar-refractivity contribution is 7.90. The van der Waals surface area contributed by atoms with Gasteiger partial charge in [0.1, 0.15) is 18.1 Å². The Morgan fingerprint density at radius 3 is 2.04 bits per heavy atom. The molecule has 294 valence electrons. The number of hydrogen-bond acceptors (Lipinski definition) is 12. The van der Waals surface area contributed by atoms with Crippen LogP contribution in [0.25, 0.3) is 0 Å². The fourth-order valence-corrected chi connectivity index (χ4v) is 7.02. The number of nitrogens with two attached hydrogens (primary N) is 1. The number of H-pyrrole nitrogens is 1. The van der Waals surface area contributed by atoms with Gasteiger partial charge in [0.2, 0.25) is 21.8 Å². The van der Waals surface area contributed by atoms with Crippen LogP contribution in [0, 0.1) is 0 Å². The summed E-state index contributed by atoms with van der Waals surface area (Å²) >= 11 is 0. The predicted octanol–water partition coefficient (Wildman–Crippen LogP) is 4.58. The molecule has 1 aliphatic heterocycles. The molecule has 0 spiro atoms. The maximum atomic E-state index is 12.3. The van der Waals surface area contributed by atoms with E-state index in [1.54, 1.807) is 12.5 Å². The SMILES string of the molecule is NC(=O)[C@H](CCCCNCC(=O)CCCS(=O)(=O)NC(=O)CCCCCCCCCCCCCCCC1=NN=NC1)NCC(=O)CCc1cnc[nH]1. The minimum Gasteiger partial charge on any atom is -0.368 e. The Morgan fingerprint density at radius 1 is 0.769 bits per heavy atom. The molecule has 0 saturated heterocycles. The van der Waals surface area contributed by atoms with Crippen LogP contribution in [0.5, 0.6) is 0 Å². The predicted molar refractivity (Wildman–Crippen MR) is 202 cm³/mol. The molecule has 0 unspecified atom stereocenters. The number of rotatable bonds is 35. The fourth-order valence-electron chi connectivity index (χ4n) is 5.94. The molecule has 2 rings (SSSR count). The highest BCUT2D eigenvalue weighted by atomic mass is 32.2. The number of imidazole rings is 1. The average Bonchev–Trinajstić information content (AvgIpc) is 3.83. The van der Waals surface area contributed by atoms with Crippen molar-refractivity contribution in [2.75, 3.05) is 31.9 Å². The first kappa shape index (κ1) is 44.8. The normalized spacial score (nSPS) is 13.3. The topological polar surface area (TPSA) is 230 Å². The van der Waals surface area contributed by atoms with Gasteiger partial charge in [0.15, 0.2) is 0 Å². The Balaban J connectivity index is 1.36. The van der Waals surface area contributed by atoms with E-state index in [0.29, 0.717) is 51.6 Å². The van der Waals surface area contributed by atoms with Gasteiger partial charge in [0, 0.05) is 31.2 Å². The van der Waals surface area contributed by atoms with E-state index < -0.39 is 27.9 Å². The number of carbonyl (C=O) groups excluding carboxylic acids is 4. The highest BCUT2D eigenvalue weighted by Crippen LogP contribution is 2.14. The van der Waals surface area contributed by atoms with Gasteiger partial charge < -0.3 is 16.0 Å². The van der Waals surface area contributed by atoms with Crippen molar-refractivity contribution in [1.29, 1.82) is 0 Å². The van der Waals surface area contributed by atoms with Crippen LogP contribution in [0.1, 0.15) is 141 Å². The zero-order valence-electron chi connectivity index (χ0n) is 31.0. The summed E-state index contributed by atoms with van der Waals surface area (Å²) in [6.07, 6.45) is 22.4. The van der Waals surface area contributed by atoms with Crippen LogP contribution in [0.2, 0.25) is 0 Å². The van der Waals surface area contributed by atoms with Crippen molar-refractivity contribution in [3.8, 4) is 0 Å². The number of unbranched alkanes of at least 4 members (excludes halogenated alkanes) is 13. The lowest BCUT2D eigenvalue weighted by Gasteiger charge is -2.15. The van der Waals surface area contributed by atoms with E-state index in [0.717, 1.165) is 37.1 Å². The smallest absolute Gasteiger partial charge is 0.234 e. The molecule has 16 heteroatoms. The summed E-state index contributed by atoms with van der Waals surface area (Å²) < 4.78 is 26.7. The summed E-state index contributed by atoms with van der Waals surface area (Å²) in [5.74, 6) is -1.42. The van der Waals surface area contributed by atoms with Gasteiger partial charge in [-0.25, -0.2) is 13.4 Å². The number of hydrogen-bond donors (Lipinski definition) is 5. The molecule has 1 atom stereocenters. The number of aryl methyl sites for hydroxylation is 1. The largest absolute Gasteiger partial charge is 0.368 e. The Bertz CT molecular complexity index is 1340. The number of sulfonamides is 1. The molecule has 1 aromatic heterocycles. The minimum absolute atomic E-state index is 0.0247. The van der Waals surface area contributed by atoms with Crippen molar-refractivity contribution >= 4 is 39.1 Å². The van der Waals surface area contributed by atoms with Crippen molar-refractivity contribution in [2.45, 2.75) is 147 Å². The maximum absolute atomic E-state index is 12.3. The molecule has 2 heterocycles. The van der Waals surface area contributed by atoms with Gasteiger partial charge in [-0.3, -0.25) is 29.2 Å². The summed E-state index contributed by atoms with van der Waals surface area (Å²) in [5.41, 5.74) is 7.46. The lowest BCUT2D eigenvalue weighted by atomic mass is 10.0. The van der Waals surface area contributed by atoms with Gasteiger partial charge in [-0.2, -0.15) is 5.11 Å². The van der Waals surface area contributed by atoms with Crippen molar-refractivity contribution < 1.29 is 27.6 Å². The Hall–Kier alpha value is -3.37. The van der Waals surface area contributed by atoms with E-state index in [-0.39, 0.29) is 49.7 Å². The van der Waals surface area contributed by atoms with Crippen LogP contribution in [-0.2, 0) is 35.6 Å². The summed E-state index contributed by atoms with van der Waals surface area (Å²) in [6, 6.07) is -0.612. The second-order valence-electron chi connectivity index (χ2n) is 13.8. The van der Waals surface area contributed by atoms with Gasteiger partial charge in [-0.15, -0.1) is 5.10 Å². The van der Waals surface area contributed by atoms with Crippen molar-refractivity contribution in [2.24, 2.45) is 21.2 Å². The zero-order chi connectivity index (χ0) is 37.7. The van der Waals surface area contributed by atoms with Crippen LogP contribution in [0.4, 0.5) is 0 Å². The molecule has 0 fully saturated rings. The molecule has 2 amide bonds. The van der Waals surface area contributed by atoms with Crippen LogP contribution in [-0.4, -0.2) is 85.5 Å². The standard InChI is InChI=1S/C36H63N9O6S/c37-36(49)34(40-28-33(47)22-21-30-25-39-29-41-30)19-14-15-23-38-27-32(46)18-16-24-52(50,51)44-35(48)20-13-11-9-7-5-3-1-2-4-6-8-10-12-17-31-26-42-45-43-31/h25,29,34,38,40H,1-24,26-28H2,(H2,37,49)(H,39,41)(H,44,48)/t34-/m0/s1. The molecule has 0 aliphatic carbocycles. The molecule has 0 radical (unpaired) electrons. The third kappa shape index (κ3) is 24.0. The molecule has 6 N–H and O–H groups in total. The lowest BCUT2D eigenvalue weighted by molar-refractivity contribution is -0.121. The molecule has 0 saturated carbocycles. The molecule has 1 aromatic rings. The number of aromatic amines is 1. The first-order valence-electron chi connectivity index (χ1n) is 19.3. The third-order valence-electron chi connectivity index (χ3n) is 9.05. The molecule has 1 aliphatic rings. The number of amides is 2. The maximum Gasteiger partial charge on any atom is 0.234 e. The fraction of sp³-hybridized carbons (Fsp3) is 0.778. The lowest BCUT2D eigenvalue weighted by Crippen LogP contribution is -2.43. The van der Waals surface area contributed by atoms with E-state index in [4.69, 9.17) is 5.73 Å².